The zero-order chi connectivity index (χ0) is 17.1. The number of aldehydes is 1. The lowest BCUT2D eigenvalue weighted by Crippen LogP contribution is -2.49. The van der Waals surface area contributed by atoms with Crippen molar-refractivity contribution in [2.24, 2.45) is 40.4 Å². The second kappa shape index (κ2) is 5.56. The minimum Gasteiger partial charge on any atom is -0.389 e. The smallest absolute Gasteiger partial charge is 0.123 e. The highest BCUT2D eigenvalue weighted by Crippen LogP contribution is 2.66. The summed E-state index contributed by atoms with van der Waals surface area (Å²) >= 11 is 0. The fourth-order valence-corrected chi connectivity index (χ4v) is 7.23. The fourth-order valence-electron chi connectivity index (χ4n) is 7.23. The third kappa shape index (κ3) is 2.14. The molecule has 0 radical (unpaired) electrons. The Kier molecular flexibility index (Phi) is 3.84. The van der Waals surface area contributed by atoms with Crippen molar-refractivity contribution >= 4 is 6.29 Å². The number of carbonyl (C=O) groups excluding carboxylic acids is 1. The first kappa shape index (κ1) is 16.6. The lowest BCUT2D eigenvalue weighted by molar-refractivity contribution is -0.114. The number of allylic oxidation sites excluding steroid dienone is 2. The number of hydrogen-bond donors (Lipinski definition) is 1. The Bertz CT molecular complexity index is 591. The topological polar surface area (TPSA) is 37.3 Å². The van der Waals surface area contributed by atoms with Gasteiger partial charge in [-0.2, -0.15) is 0 Å². The van der Waals surface area contributed by atoms with Crippen LogP contribution in [0.5, 0.6) is 0 Å². The molecule has 0 unspecified atom stereocenters. The van der Waals surface area contributed by atoms with Crippen LogP contribution in [-0.2, 0) is 4.79 Å². The van der Waals surface area contributed by atoms with Crippen molar-refractivity contribution in [3.05, 3.63) is 23.8 Å². The highest BCUT2D eigenvalue weighted by Gasteiger charge is 2.58. The lowest BCUT2D eigenvalue weighted by atomic mass is 9.48. The molecule has 4 rings (SSSR count). The number of rotatable bonds is 2. The molecule has 0 spiro atoms. The van der Waals surface area contributed by atoms with E-state index in [1.807, 2.05) is 6.08 Å². The van der Waals surface area contributed by atoms with Crippen LogP contribution < -0.4 is 0 Å². The third-order valence-electron chi connectivity index (χ3n) is 8.55. The molecule has 0 bridgehead atoms. The van der Waals surface area contributed by atoms with Crippen LogP contribution in [0, 0.1) is 40.4 Å². The minimum absolute atomic E-state index is 0.151. The molecule has 0 aromatic rings. The van der Waals surface area contributed by atoms with E-state index >= 15 is 0 Å². The van der Waals surface area contributed by atoms with E-state index in [1.54, 1.807) is 0 Å². The maximum absolute atomic E-state index is 11.4. The predicted molar refractivity (Wildman–Crippen MR) is 96.3 cm³/mol. The molecule has 0 aromatic carbocycles. The zero-order valence-electron chi connectivity index (χ0n) is 15.4. The van der Waals surface area contributed by atoms with Crippen molar-refractivity contribution in [1.82, 2.24) is 0 Å². The van der Waals surface area contributed by atoms with Gasteiger partial charge in [0.15, 0.2) is 0 Å². The molecule has 4 aliphatic carbocycles. The van der Waals surface area contributed by atoms with Gasteiger partial charge in [0.25, 0.3) is 0 Å². The maximum Gasteiger partial charge on any atom is 0.123 e. The summed E-state index contributed by atoms with van der Waals surface area (Å²) in [7, 11) is 0. The number of carbonyl (C=O) groups is 1. The molecule has 0 amide bonds. The van der Waals surface area contributed by atoms with E-state index < -0.39 is 0 Å². The summed E-state index contributed by atoms with van der Waals surface area (Å²) in [5.41, 5.74) is 1.97. The van der Waals surface area contributed by atoms with Gasteiger partial charge in [0.05, 0.1) is 6.10 Å². The summed E-state index contributed by atoms with van der Waals surface area (Å²) in [5.74, 6) is 3.00. The molecular weight excluding hydrogens is 296 g/mol. The van der Waals surface area contributed by atoms with Crippen molar-refractivity contribution in [2.45, 2.75) is 65.4 Å². The van der Waals surface area contributed by atoms with Gasteiger partial charge in [-0.25, -0.2) is 0 Å². The average molecular weight is 328 g/mol. The fraction of sp³-hybridized carbons (Fsp3) is 0.773. The Labute approximate surface area is 146 Å². The van der Waals surface area contributed by atoms with Crippen molar-refractivity contribution in [3.63, 3.8) is 0 Å². The Morgan fingerprint density at radius 3 is 2.79 bits per heavy atom. The lowest BCUT2D eigenvalue weighted by Gasteiger charge is -2.57. The SMILES string of the molecule is C[C@H](C=O)[C@H]1CC[C@H]2[C@@H]3CC=C4C[C@@H](O)C=C[C@]4(C)[C@H]3CC[C@]12C. The van der Waals surface area contributed by atoms with Gasteiger partial charge in [-0.05, 0) is 67.6 Å². The van der Waals surface area contributed by atoms with Crippen molar-refractivity contribution in [2.75, 3.05) is 0 Å². The van der Waals surface area contributed by atoms with Gasteiger partial charge < -0.3 is 9.90 Å². The van der Waals surface area contributed by atoms with Crippen LogP contribution in [0.3, 0.4) is 0 Å². The summed E-state index contributed by atoms with van der Waals surface area (Å²) in [6.45, 7) is 7.01. The molecule has 2 nitrogen and oxygen atoms in total. The van der Waals surface area contributed by atoms with E-state index in [2.05, 4.69) is 32.9 Å². The molecular formula is C22H32O2. The molecule has 1 N–H and O–H groups in total. The number of aliphatic hydroxyl groups excluding tert-OH is 1. The number of hydrogen-bond acceptors (Lipinski definition) is 2. The number of fused-ring (bicyclic) bond motifs is 5. The van der Waals surface area contributed by atoms with E-state index in [9.17, 15) is 9.90 Å². The van der Waals surface area contributed by atoms with Gasteiger partial charge >= 0.3 is 0 Å². The second-order valence-electron chi connectivity index (χ2n) is 9.48. The van der Waals surface area contributed by atoms with E-state index in [0.29, 0.717) is 17.3 Å². The zero-order valence-corrected chi connectivity index (χ0v) is 15.4. The van der Waals surface area contributed by atoms with Crippen LogP contribution in [-0.4, -0.2) is 17.5 Å². The second-order valence-corrected chi connectivity index (χ2v) is 9.48. The molecule has 2 fully saturated rings. The maximum atomic E-state index is 11.4. The van der Waals surface area contributed by atoms with Crippen LogP contribution in [0.25, 0.3) is 0 Å². The van der Waals surface area contributed by atoms with Crippen LogP contribution >= 0.6 is 0 Å². The van der Waals surface area contributed by atoms with Crippen molar-refractivity contribution < 1.29 is 9.90 Å². The van der Waals surface area contributed by atoms with Crippen LogP contribution in [0.4, 0.5) is 0 Å². The van der Waals surface area contributed by atoms with Gasteiger partial charge in [-0.15, -0.1) is 0 Å². The van der Waals surface area contributed by atoms with E-state index in [0.717, 1.165) is 18.3 Å². The van der Waals surface area contributed by atoms with E-state index in [1.165, 1.54) is 44.0 Å². The minimum atomic E-state index is -0.293. The van der Waals surface area contributed by atoms with Gasteiger partial charge in [-0.3, -0.25) is 0 Å². The summed E-state index contributed by atoms with van der Waals surface area (Å²) in [6, 6.07) is 0. The normalized spacial score (nSPS) is 51.2. The first-order valence-corrected chi connectivity index (χ1v) is 9.92. The first-order chi connectivity index (χ1) is 11.4. The highest BCUT2D eigenvalue weighted by molar-refractivity contribution is 5.53. The summed E-state index contributed by atoms with van der Waals surface area (Å²) in [6.07, 6.45) is 14.8. The van der Waals surface area contributed by atoms with Crippen LogP contribution in [0.2, 0.25) is 0 Å². The molecule has 24 heavy (non-hydrogen) atoms. The predicted octanol–water partition coefficient (Wildman–Crippen LogP) is 4.54. The largest absolute Gasteiger partial charge is 0.389 e. The van der Waals surface area contributed by atoms with Crippen molar-refractivity contribution in [3.8, 4) is 0 Å². The van der Waals surface area contributed by atoms with E-state index in [-0.39, 0.29) is 17.4 Å². The molecule has 0 saturated heterocycles. The Hall–Kier alpha value is -0.890. The standard InChI is InChI=1S/C22H32O2/c1-14(13-23)18-6-7-19-17-5-4-15-12-16(24)8-10-21(15,2)20(17)9-11-22(18,19)3/h4,8,10,13-14,16-20,24H,5-7,9,11-12H2,1-3H3/t14-,16+,17+,18-,19+,20+,21+,22-/m1/s1. The molecule has 0 aromatic heterocycles. The van der Waals surface area contributed by atoms with Crippen LogP contribution in [0.1, 0.15) is 59.3 Å². The van der Waals surface area contributed by atoms with E-state index in [4.69, 9.17) is 0 Å². The molecule has 0 aliphatic heterocycles. The summed E-state index contributed by atoms with van der Waals surface area (Å²) in [4.78, 5) is 11.4. The van der Waals surface area contributed by atoms with Gasteiger partial charge in [0, 0.05) is 11.3 Å². The first-order valence-electron chi connectivity index (χ1n) is 9.92. The van der Waals surface area contributed by atoms with Gasteiger partial charge in [-0.1, -0.05) is 44.6 Å². The van der Waals surface area contributed by atoms with Crippen LogP contribution in [0.15, 0.2) is 23.8 Å². The molecule has 4 aliphatic rings. The quantitative estimate of drug-likeness (QED) is 0.597. The monoisotopic (exact) mass is 328 g/mol. The number of aliphatic hydroxyl groups is 1. The van der Waals surface area contributed by atoms with Gasteiger partial charge in [0.2, 0.25) is 0 Å². The third-order valence-corrected chi connectivity index (χ3v) is 8.55. The Balaban J connectivity index is 1.66. The summed E-state index contributed by atoms with van der Waals surface area (Å²) < 4.78 is 0. The molecule has 8 atom stereocenters. The highest BCUT2D eigenvalue weighted by atomic mass is 16.3. The van der Waals surface area contributed by atoms with Gasteiger partial charge in [0.1, 0.15) is 6.29 Å². The Morgan fingerprint density at radius 2 is 2.04 bits per heavy atom. The summed E-state index contributed by atoms with van der Waals surface area (Å²) in [5, 5.41) is 10.0. The molecule has 0 heterocycles. The van der Waals surface area contributed by atoms with Crippen molar-refractivity contribution in [1.29, 1.82) is 0 Å². The average Bonchev–Trinajstić information content (AvgIpc) is 2.92. The molecule has 2 saturated carbocycles. The molecule has 2 heteroatoms. The Morgan fingerprint density at radius 1 is 1.25 bits per heavy atom. The molecule has 132 valence electrons.